The van der Waals surface area contributed by atoms with Crippen molar-refractivity contribution in [1.82, 2.24) is 14.8 Å². The molecular formula is C25H24N4O5S. The van der Waals surface area contributed by atoms with Crippen molar-refractivity contribution in [2.75, 3.05) is 25.6 Å². The molecule has 10 heteroatoms. The molecule has 1 aliphatic heterocycles. The van der Waals surface area contributed by atoms with Crippen molar-refractivity contribution in [2.45, 2.75) is 23.9 Å². The Morgan fingerprint density at radius 3 is 2.77 bits per heavy atom. The van der Waals surface area contributed by atoms with Crippen molar-refractivity contribution in [3.05, 3.63) is 66.6 Å². The van der Waals surface area contributed by atoms with Crippen LogP contribution in [-0.4, -0.2) is 46.2 Å². The molecule has 0 aliphatic carbocycles. The van der Waals surface area contributed by atoms with E-state index in [1.807, 2.05) is 47.9 Å². The largest absolute Gasteiger partial charge is 0.497 e. The van der Waals surface area contributed by atoms with Gasteiger partial charge in [0.2, 0.25) is 5.91 Å². The molecule has 180 valence electrons. The predicted molar refractivity (Wildman–Crippen MR) is 131 cm³/mol. The summed E-state index contributed by atoms with van der Waals surface area (Å²) in [6.45, 7) is 3.25. The minimum absolute atomic E-state index is 0.165. The topological polar surface area (TPSA) is 101 Å². The predicted octanol–water partition coefficient (Wildman–Crippen LogP) is 4.49. The Kier molecular flexibility index (Phi) is 6.62. The Balaban J connectivity index is 1.36. The fraction of sp³-hybridized carbons (Fsp3) is 0.240. The Morgan fingerprint density at radius 2 is 1.97 bits per heavy atom. The summed E-state index contributed by atoms with van der Waals surface area (Å²) in [7, 11) is 1.62. The Hall–Kier alpha value is -3.92. The molecule has 9 nitrogen and oxygen atoms in total. The van der Waals surface area contributed by atoms with E-state index in [1.165, 1.54) is 11.8 Å². The van der Waals surface area contributed by atoms with Crippen molar-refractivity contribution in [3.8, 4) is 28.6 Å². The number of methoxy groups -OCH3 is 1. The third-order valence-corrected chi connectivity index (χ3v) is 6.48. The van der Waals surface area contributed by atoms with Crippen LogP contribution in [0.5, 0.6) is 17.2 Å². The van der Waals surface area contributed by atoms with Crippen LogP contribution in [0.15, 0.2) is 70.4 Å². The number of amides is 1. The van der Waals surface area contributed by atoms with Crippen molar-refractivity contribution in [2.24, 2.45) is 0 Å². The Bertz CT molecular complexity index is 1320. The molecule has 0 radical (unpaired) electrons. The van der Waals surface area contributed by atoms with E-state index < -0.39 is 5.25 Å². The Morgan fingerprint density at radius 1 is 1.11 bits per heavy atom. The van der Waals surface area contributed by atoms with E-state index in [2.05, 4.69) is 15.5 Å². The van der Waals surface area contributed by atoms with E-state index in [-0.39, 0.29) is 5.91 Å². The number of ether oxygens (including phenoxy) is 3. The molecule has 1 amide bonds. The second-order valence-electron chi connectivity index (χ2n) is 7.81. The highest BCUT2D eigenvalue weighted by Crippen LogP contribution is 2.33. The van der Waals surface area contributed by atoms with Crippen molar-refractivity contribution in [1.29, 1.82) is 0 Å². The molecule has 5 rings (SSSR count). The standard InChI is InChI=1S/C25H24N4O5S/c1-16(24(30)26-18-8-9-21-22(14-18)34-12-11-33-21)35-25-28-27-23(17-5-3-6-19(13-17)31-2)29(25)15-20-7-4-10-32-20/h3-10,13-14,16H,11-12,15H2,1-2H3,(H,26,30). The number of thioether (sulfide) groups is 1. The van der Waals surface area contributed by atoms with E-state index in [4.69, 9.17) is 18.6 Å². The van der Waals surface area contributed by atoms with Crippen molar-refractivity contribution < 1.29 is 23.4 Å². The summed E-state index contributed by atoms with van der Waals surface area (Å²) < 4.78 is 24.0. The van der Waals surface area contributed by atoms with Gasteiger partial charge in [0.1, 0.15) is 24.7 Å². The molecule has 0 bridgehead atoms. The van der Waals surface area contributed by atoms with Crippen LogP contribution in [-0.2, 0) is 11.3 Å². The number of fused-ring (bicyclic) bond motifs is 1. The summed E-state index contributed by atoms with van der Waals surface area (Å²) in [4.78, 5) is 13.0. The van der Waals surface area contributed by atoms with E-state index in [1.54, 1.807) is 31.6 Å². The van der Waals surface area contributed by atoms with Gasteiger partial charge >= 0.3 is 0 Å². The highest BCUT2D eigenvalue weighted by molar-refractivity contribution is 8.00. The number of carbonyl (C=O) groups is 1. The van der Waals surface area contributed by atoms with E-state index in [9.17, 15) is 4.79 Å². The van der Waals surface area contributed by atoms with E-state index >= 15 is 0 Å². The zero-order chi connectivity index (χ0) is 24.2. The molecule has 0 spiro atoms. The number of rotatable bonds is 8. The zero-order valence-electron chi connectivity index (χ0n) is 19.3. The number of carbonyl (C=O) groups excluding carboxylic acids is 1. The second-order valence-corrected chi connectivity index (χ2v) is 9.12. The maximum absolute atomic E-state index is 13.0. The van der Waals surface area contributed by atoms with Crippen LogP contribution in [0.25, 0.3) is 11.4 Å². The average Bonchev–Trinajstić information content (AvgIpc) is 3.54. The minimum Gasteiger partial charge on any atom is -0.497 e. The highest BCUT2D eigenvalue weighted by Gasteiger charge is 2.22. The molecule has 0 fully saturated rings. The summed E-state index contributed by atoms with van der Waals surface area (Å²) >= 11 is 1.32. The van der Waals surface area contributed by atoms with Gasteiger partial charge in [-0.1, -0.05) is 23.9 Å². The van der Waals surface area contributed by atoms with Gasteiger partial charge in [0, 0.05) is 17.3 Å². The number of nitrogens with one attached hydrogen (secondary N) is 1. The van der Waals surface area contributed by atoms with Gasteiger partial charge in [-0.25, -0.2) is 0 Å². The fourth-order valence-corrected chi connectivity index (χ4v) is 4.48. The number of hydrogen-bond donors (Lipinski definition) is 1. The first-order valence-corrected chi connectivity index (χ1v) is 12.0. The molecule has 3 heterocycles. The van der Waals surface area contributed by atoms with Crippen LogP contribution in [0.2, 0.25) is 0 Å². The van der Waals surface area contributed by atoms with Gasteiger partial charge in [-0.15, -0.1) is 10.2 Å². The molecule has 1 atom stereocenters. The van der Waals surface area contributed by atoms with Crippen LogP contribution in [0.3, 0.4) is 0 Å². The number of anilines is 1. The lowest BCUT2D eigenvalue weighted by molar-refractivity contribution is -0.115. The first-order valence-electron chi connectivity index (χ1n) is 11.1. The number of benzene rings is 2. The number of nitrogens with zero attached hydrogens (tertiary/aromatic N) is 3. The lowest BCUT2D eigenvalue weighted by Crippen LogP contribution is -2.23. The first kappa shape index (κ1) is 22.9. The SMILES string of the molecule is COc1cccc(-c2nnc(SC(C)C(=O)Nc3ccc4c(c3)OCCO4)n2Cc2ccco2)c1. The minimum atomic E-state index is -0.444. The molecule has 0 saturated heterocycles. The zero-order valence-corrected chi connectivity index (χ0v) is 20.1. The van der Waals surface area contributed by atoms with Gasteiger partial charge < -0.3 is 23.9 Å². The summed E-state index contributed by atoms with van der Waals surface area (Å²) in [6, 6.07) is 16.7. The molecular weight excluding hydrogens is 468 g/mol. The smallest absolute Gasteiger partial charge is 0.237 e. The highest BCUT2D eigenvalue weighted by atomic mass is 32.2. The third kappa shape index (κ3) is 5.12. The monoisotopic (exact) mass is 492 g/mol. The van der Waals surface area contributed by atoms with Gasteiger partial charge in [0.05, 0.1) is 25.2 Å². The lowest BCUT2D eigenvalue weighted by atomic mass is 10.2. The van der Waals surface area contributed by atoms with Crippen LogP contribution in [0.4, 0.5) is 5.69 Å². The normalized spacial score (nSPS) is 13.3. The van der Waals surface area contributed by atoms with Gasteiger partial charge in [0.15, 0.2) is 22.5 Å². The lowest BCUT2D eigenvalue weighted by Gasteiger charge is -2.19. The first-order chi connectivity index (χ1) is 17.1. The van der Waals surface area contributed by atoms with Crippen LogP contribution in [0.1, 0.15) is 12.7 Å². The molecule has 1 unspecified atom stereocenters. The number of hydrogen-bond acceptors (Lipinski definition) is 8. The van der Waals surface area contributed by atoms with Crippen LogP contribution < -0.4 is 19.5 Å². The molecule has 1 aliphatic rings. The van der Waals surface area contributed by atoms with Gasteiger partial charge in [0.25, 0.3) is 0 Å². The maximum Gasteiger partial charge on any atom is 0.237 e. The molecule has 2 aromatic heterocycles. The molecule has 1 N–H and O–H groups in total. The van der Waals surface area contributed by atoms with Crippen molar-refractivity contribution in [3.63, 3.8) is 0 Å². The summed E-state index contributed by atoms with van der Waals surface area (Å²) in [5, 5.41) is 11.9. The van der Waals surface area contributed by atoms with E-state index in [0.717, 1.165) is 17.1 Å². The molecule has 0 saturated carbocycles. The quantitative estimate of drug-likeness (QED) is 0.359. The van der Waals surface area contributed by atoms with Gasteiger partial charge in [-0.2, -0.15) is 0 Å². The van der Waals surface area contributed by atoms with Crippen molar-refractivity contribution >= 4 is 23.4 Å². The summed E-state index contributed by atoms with van der Waals surface area (Å²) in [5.41, 5.74) is 1.49. The fourth-order valence-electron chi connectivity index (χ4n) is 3.63. The maximum atomic E-state index is 13.0. The molecule has 4 aromatic rings. The summed E-state index contributed by atoms with van der Waals surface area (Å²) in [5.74, 6) is 3.26. The molecule has 2 aromatic carbocycles. The van der Waals surface area contributed by atoms with E-state index in [0.29, 0.717) is 47.9 Å². The number of furan rings is 1. The van der Waals surface area contributed by atoms with Gasteiger partial charge in [-0.05, 0) is 43.3 Å². The third-order valence-electron chi connectivity index (χ3n) is 5.40. The average molecular weight is 493 g/mol. The number of aromatic nitrogens is 3. The van der Waals surface area contributed by atoms with Crippen LogP contribution in [0, 0.1) is 0 Å². The second kappa shape index (κ2) is 10.1. The van der Waals surface area contributed by atoms with Crippen LogP contribution >= 0.6 is 11.8 Å². The Labute approximate surface area is 206 Å². The van der Waals surface area contributed by atoms with Gasteiger partial charge in [-0.3, -0.25) is 9.36 Å². The molecule has 35 heavy (non-hydrogen) atoms. The summed E-state index contributed by atoms with van der Waals surface area (Å²) in [6.07, 6.45) is 1.63.